The topological polar surface area (TPSA) is 124 Å². The van der Waals surface area contributed by atoms with E-state index in [9.17, 15) is 24.6 Å². The Morgan fingerprint density at radius 3 is 1.97 bits per heavy atom. The van der Waals surface area contributed by atoms with Crippen LogP contribution in [0.15, 0.2) is 0 Å². The lowest BCUT2D eigenvalue weighted by Crippen LogP contribution is -2.56. The molecule has 0 aromatic carbocycles. The van der Waals surface area contributed by atoms with Crippen LogP contribution in [0.5, 0.6) is 0 Å². The van der Waals surface area contributed by atoms with Gasteiger partial charge in [0, 0.05) is 37.4 Å². The Balaban J connectivity index is 5.72. The Hall–Kier alpha value is -1.32. The van der Waals surface area contributed by atoms with E-state index in [-0.39, 0.29) is 17.1 Å². The number of rotatable bonds is 13. The molecular weight excluding hydrogens is 406 g/mol. The lowest BCUT2D eigenvalue weighted by Gasteiger charge is -2.36. The highest BCUT2D eigenvalue weighted by Gasteiger charge is 2.37. The number of likely N-dealkylation sites (N-methyl/N-ethyl adjacent to an activating group) is 2. The van der Waals surface area contributed by atoms with Crippen LogP contribution in [0.2, 0.25) is 0 Å². The first-order chi connectivity index (χ1) is 13.5. The summed E-state index contributed by atoms with van der Waals surface area (Å²) in [6, 6.07) is -1.79. The zero-order valence-electron chi connectivity index (χ0n) is 19.8. The second kappa shape index (κ2) is 11.9. The first-order valence-corrected chi connectivity index (χ1v) is 11.4. The molecule has 3 atom stereocenters. The Morgan fingerprint density at radius 1 is 1.03 bits per heavy atom. The maximum atomic E-state index is 13.3. The predicted octanol–water partition coefficient (Wildman–Crippen LogP) is 1.37. The van der Waals surface area contributed by atoms with E-state index in [1.807, 2.05) is 20.8 Å². The number of nitrogens with two attached hydrogens (primary N) is 1. The molecule has 0 aliphatic carbocycles. The molecule has 0 bridgehead atoms. The monoisotopic (exact) mass is 447 g/mol. The van der Waals surface area contributed by atoms with E-state index in [0.29, 0.717) is 25.0 Å². The molecule has 0 radical (unpaired) electrons. The molecule has 8 nitrogen and oxygen atoms in total. The van der Waals surface area contributed by atoms with Crippen molar-refractivity contribution in [3.8, 4) is 0 Å². The number of nitrogens with zero attached hydrogens (tertiary/aromatic N) is 2. The lowest BCUT2D eigenvalue weighted by molar-refractivity contribution is -0.147. The summed E-state index contributed by atoms with van der Waals surface area (Å²) in [7, 11) is 3.06. The molecule has 0 rings (SSSR count). The second-order valence-corrected chi connectivity index (χ2v) is 11.0. The summed E-state index contributed by atoms with van der Waals surface area (Å²) in [6.07, 6.45) is 1.00. The highest BCUT2D eigenvalue weighted by atomic mass is 32.2. The molecule has 0 fully saturated rings. The highest BCUT2D eigenvalue weighted by molar-refractivity contribution is 8.00. The van der Waals surface area contributed by atoms with Crippen LogP contribution in [0.1, 0.15) is 67.2 Å². The van der Waals surface area contributed by atoms with E-state index < -0.39 is 35.6 Å². The predicted molar refractivity (Wildman–Crippen MR) is 121 cm³/mol. The van der Waals surface area contributed by atoms with Crippen molar-refractivity contribution in [1.82, 2.24) is 9.80 Å². The third-order valence-corrected chi connectivity index (χ3v) is 6.30. The van der Waals surface area contributed by atoms with E-state index >= 15 is 0 Å². The number of aliphatic hydroxyl groups excluding tert-OH is 1. The van der Waals surface area contributed by atoms with Gasteiger partial charge < -0.3 is 25.7 Å². The van der Waals surface area contributed by atoms with Gasteiger partial charge in [-0.3, -0.25) is 14.4 Å². The van der Waals surface area contributed by atoms with Crippen LogP contribution >= 0.6 is 11.8 Å². The van der Waals surface area contributed by atoms with Gasteiger partial charge in [0.05, 0.1) is 11.7 Å². The number of carbonyl (C=O) groups is 3. The summed E-state index contributed by atoms with van der Waals surface area (Å²) in [6.45, 7) is 10.6. The number of aliphatic hydroxyl groups is 2. The van der Waals surface area contributed by atoms with Crippen LogP contribution in [0.4, 0.5) is 0 Å². The van der Waals surface area contributed by atoms with Crippen LogP contribution < -0.4 is 5.73 Å². The Labute approximate surface area is 185 Å². The van der Waals surface area contributed by atoms with Gasteiger partial charge in [0.1, 0.15) is 12.1 Å². The Bertz CT molecular complexity index is 590. The number of hydrogen-bond donors (Lipinski definition) is 3. The van der Waals surface area contributed by atoms with Crippen molar-refractivity contribution in [2.45, 2.75) is 95.8 Å². The number of hydrogen-bond acceptors (Lipinski definition) is 6. The fourth-order valence-corrected chi connectivity index (χ4v) is 4.61. The molecule has 3 amide bonds. The summed E-state index contributed by atoms with van der Waals surface area (Å²) in [5, 5.41) is 19.9. The van der Waals surface area contributed by atoms with Gasteiger partial charge in [0.25, 0.3) is 0 Å². The SMILES string of the molecule is CCCC(=O)N(C)[C@H](CSC(C)(C)CC(C)O)C(=O)N(C)[C@@H](CC(C)(C)O)C(N)=O. The van der Waals surface area contributed by atoms with Crippen LogP contribution in [0.25, 0.3) is 0 Å². The van der Waals surface area contributed by atoms with Crippen molar-refractivity contribution in [3.63, 3.8) is 0 Å². The summed E-state index contributed by atoms with van der Waals surface area (Å²) in [4.78, 5) is 40.5. The number of primary amides is 1. The smallest absolute Gasteiger partial charge is 0.246 e. The Morgan fingerprint density at radius 2 is 1.57 bits per heavy atom. The fourth-order valence-electron chi connectivity index (χ4n) is 3.28. The molecule has 0 heterocycles. The molecule has 1 unspecified atom stereocenters. The van der Waals surface area contributed by atoms with Gasteiger partial charge in [-0.15, -0.1) is 0 Å². The van der Waals surface area contributed by atoms with Crippen molar-refractivity contribution in [1.29, 1.82) is 0 Å². The van der Waals surface area contributed by atoms with Gasteiger partial charge in [-0.05, 0) is 33.6 Å². The third-order valence-electron chi connectivity index (χ3n) is 4.87. The average Bonchev–Trinajstić information content (AvgIpc) is 2.56. The minimum atomic E-state index is -1.19. The molecule has 0 aliphatic heterocycles. The highest BCUT2D eigenvalue weighted by Crippen LogP contribution is 2.31. The molecule has 9 heteroatoms. The van der Waals surface area contributed by atoms with Crippen LogP contribution in [0, 0.1) is 0 Å². The fraction of sp³-hybridized carbons (Fsp3) is 0.857. The quantitative estimate of drug-likeness (QED) is 0.392. The van der Waals surface area contributed by atoms with Gasteiger partial charge in [-0.25, -0.2) is 0 Å². The standard InChI is InChI=1S/C21H41N3O5S/c1-9-10-17(26)23(7)16(13-30-21(5,6)11-14(2)25)19(28)24(8)15(18(22)27)12-20(3,4)29/h14-16,25,29H,9-13H2,1-8H3,(H2,22,27)/t14?,15-,16+/m0/s1. The summed E-state index contributed by atoms with van der Waals surface area (Å²) >= 11 is 1.49. The normalized spacial score (nSPS) is 15.3. The van der Waals surface area contributed by atoms with Crippen LogP contribution in [-0.4, -0.2) is 86.1 Å². The molecule has 30 heavy (non-hydrogen) atoms. The average molecular weight is 448 g/mol. The largest absolute Gasteiger partial charge is 0.393 e. The lowest BCUT2D eigenvalue weighted by atomic mass is 9.97. The summed E-state index contributed by atoms with van der Waals surface area (Å²) in [5.41, 5.74) is 4.31. The zero-order chi connectivity index (χ0) is 23.9. The maximum absolute atomic E-state index is 13.3. The van der Waals surface area contributed by atoms with Crippen molar-refractivity contribution >= 4 is 29.5 Å². The summed E-state index contributed by atoms with van der Waals surface area (Å²) in [5.74, 6) is -0.967. The summed E-state index contributed by atoms with van der Waals surface area (Å²) < 4.78 is -0.309. The molecule has 176 valence electrons. The third kappa shape index (κ3) is 10.1. The van der Waals surface area contributed by atoms with Crippen LogP contribution in [0.3, 0.4) is 0 Å². The van der Waals surface area contributed by atoms with Gasteiger partial charge in [-0.2, -0.15) is 11.8 Å². The van der Waals surface area contributed by atoms with E-state index in [0.717, 1.165) is 0 Å². The van der Waals surface area contributed by atoms with Crippen molar-refractivity contribution in [2.75, 3.05) is 19.8 Å². The maximum Gasteiger partial charge on any atom is 0.246 e. The van der Waals surface area contributed by atoms with Crippen LogP contribution in [-0.2, 0) is 14.4 Å². The number of amides is 3. The van der Waals surface area contributed by atoms with E-state index in [2.05, 4.69) is 0 Å². The minimum Gasteiger partial charge on any atom is -0.393 e. The van der Waals surface area contributed by atoms with Gasteiger partial charge in [-0.1, -0.05) is 20.8 Å². The first-order valence-electron chi connectivity index (χ1n) is 10.4. The van der Waals surface area contributed by atoms with E-state index in [1.54, 1.807) is 27.8 Å². The van der Waals surface area contributed by atoms with Gasteiger partial charge in [0.15, 0.2) is 0 Å². The molecule has 0 aliphatic rings. The van der Waals surface area contributed by atoms with Crippen molar-refractivity contribution in [3.05, 3.63) is 0 Å². The molecule has 0 spiro atoms. The number of carbonyl (C=O) groups excluding carboxylic acids is 3. The first kappa shape index (κ1) is 28.7. The minimum absolute atomic E-state index is 0.00935. The molecule has 0 saturated heterocycles. The van der Waals surface area contributed by atoms with E-state index in [4.69, 9.17) is 5.73 Å². The second-order valence-electron chi connectivity index (χ2n) is 9.28. The van der Waals surface area contributed by atoms with Gasteiger partial charge in [0.2, 0.25) is 17.7 Å². The molecule has 4 N–H and O–H groups in total. The molecular formula is C21H41N3O5S. The van der Waals surface area contributed by atoms with Crippen molar-refractivity contribution in [2.24, 2.45) is 5.73 Å². The van der Waals surface area contributed by atoms with E-state index in [1.165, 1.54) is 28.6 Å². The zero-order valence-corrected chi connectivity index (χ0v) is 20.6. The molecule has 0 saturated carbocycles. The Kier molecular flexibility index (Phi) is 11.4. The number of thioether (sulfide) groups is 1. The molecule has 0 aromatic rings. The van der Waals surface area contributed by atoms with Crippen molar-refractivity contribution < 1.29 is 24.6 Å². The molecule has 0 aromatic heterocycles. The van der Waals surface area contributed by atoms with Gasteiger partial charge >= 0.3 is 0 Å².